The smallest absolute Gasteiger partial charge is 0.167 e. The number of hydrogen-bond donors (Lipinski definition) is 2. The van der Waals surface area contributed by atoms with Crippen LogP contribution in [0.5, 0.6) is 0 Å². The maximum Gasteiger partial charge on any atom is 0.167 e. The number of carbonyl (C=O) groups excluding carboxylic acids is 1. The average molecular weight is 366 g/mol. The van der Waals surface area contributed by atoms with Crippen LogP contribution >= 0.6 is 0 Å². The molecule has 0 fully saturated rings. The molecule has 0 saturated heterocycles. The summed E-state index contributed by atoms with van der Waals surface area (Å²) in [7, 11) is 0. The van der Waals surface area contributed by atoms with E-state index in [4.69, 9.17) is 16.1 Å². The van der Waals surface area contributed by atoms with Crippen molar-refractivity contribution in [3.05, 3.63) is 90.4 Å². The standard InChI is InChI=1S/C23H18N4O/c24-13-17(14-25)20-12-11-19-22(16-7-3-1-4-8-16)21(15-28)27(23(19)26-20)18-9-5-2-6-10-18/h1-15,24H,25H2. The highest BCUT2D eigenvalue weighted by atomic mass is 16.1. The third-order valence-electron chi connectivity index (χ3n) is 4.67. The Labute approximate surface area is 162 Å². The molecule has 0 atom stereocenters. The van der Waals surface area contributed by atoms with Gasteiger partial charge in [0.1, 0.15) is 5.65 Å². The molecule has 0 aliphatic heterocycles. The minimum atomic E-state index is 0.511. The molecule has 0 bridgehead atoms. The first-order valence-corrected chi connectivity index (χ1v) is 8.82. The summed E-state index contributed by atoms with van der Waals surface area (Å²) >= 11 is 0. The Morgan fingerprint density at radius 1 is 0.964 bits per heavy atom. The van der Waals surface area contributed by atoms with Crippen molar-refractivity contribution in [3.63, 3.8) is 0 Å². The maximum atomic E-state index is 12.2. The van der Waals surface area contributed by atoms with Crippen molar-refractivity contribution >= 4 is 29.1 Å². The number of hydrogen-bond acceptors (Lipinski definition) is 4. The van der Waals surface area contributed by atoms with Crippen LogP contribution in [0.2, 0.25) is 0 Å². The average Bonchev–Trinajstić information content (AvgIpc) is 3.09. The second-order valence-electron chi connectivity index (χ2n) is 6.25. The van der Waals surface area contributed by atoms with Crippen LogP contribution in [0.1, 0.15) is 16.2 Å². The Balaban J connectivity index is 2.13. The Hall–Kier alpha value is -3.99. The molecule has 3 N–H and O–H groups in total. The number of allylic oxidation sites excluding steroid dienone is 1. The van der Waals surface area contributed by atoms with Gasteiger partial charge in [-0.15, -0.1) is 0 Å². The van der Waals surface area contributed by atoms with Crippen LogP contribution in [-0.4, -0.2) is 22.1 Å². The fourth-order valence-electron chi connectivity index (χ4n) is 3.40. The van der Waals surface area contributed by atoms with E-state index < -0.39 is 0 Å². The van der Waals surface area contributed by atoms with Crippen LogP contribution in [0.15, 0.2) is 79.0 Å². The summed E-state index contributed by atoms with van der Waals surface area (Å²) in [5.74, 6) is 0. The van der Waals surface area contributed by atoms with Crippen molar-refractivity contribution in [1.29, 1.82) is 5.41 Å². The van der Waals surface area contributed by atoms with Crippen LogP contribution in [0, 0.1) is 5.41 Å². The Morgan fingerprint density at radius 3 is 2.25 bits per heavy atom. The second-order valence-corrected chi connectivity index (χ2v) is 6.25. The molecule has 2 heterocycles. The number of rotatable bonds is 5. The van der Waals surface area contributed by atoms with Crippen molar-refractivity contribution in [2.24, 2.45) is 5.73 Å². The molecule has 136 valence electrons. The van der Waals surface area contributed by atoms with E-state index >= 15 is 0 Å². The van der Waals surface area contributed by atoms with E-state index in [9.17, 15) is 4.79 Å². The Bertz CT molecular complexity index is 1190. The van der Waals surface area contributed by atoms with Gasteiger partial charge in [-0.1, -0.05) is 48.5 Å². The maximum absolute atomic E-state index is 12.2. The zero-order valence-electron chi connectivity index (χ0n) is 15.0. The molecule has 5 nitrogen and oxygen atoms in total. The van der Waals surface area contributed by atoms with E-state index in [2.05, 4.69) is 0 Å². The Kier molecular flexibility index (Phi) is 4.56. The third kappa shape index (κ3) is 2.79. The Morgan fingerprint density at radius 2 is 1.64 bits per heavy atom. The predicted molar refractivity (Wildman–Crippen MR) is 113 cm³/mol. The van der Waals surface area contributed by atoms with Crippen LogP contribution in [0.3, 0.4) is 0 Å². The number of nitrogens with one attached hydrogen (secondary N) is 1. The second kappa shape index (κ2) is 7.32. The van der Waals surface area contributed by atoms with E-state index in [1.165, 1.54) is 12.4 Å². The van der Waals surface area contributed by atoms with Crippen LogP contribution < -0.4 is 5.73 Å². The summed E-state index contributed by atoms with van der Waals surface area (Å²) in [4.78, 5) is 16.9. The molecule has 0 aliphatic rings. The monoisotopic (exact) mass is 366 g/mol. The lowest BCUT2D eigenvalue weighted by Gasteiger charge is -2.08. The largest absolute Gasteiger partial charge is 0.404 e. The van der Waals surface area contributed by atoms with Crippen molar-refractivity contribution in [2.45, 2.75) is 0 Å². The number of carbonyl (C=O) groups is 1. The third-order valence-corrected chi connectivity index (χ3v) is 4.67. The van der Waals surface area contributed by atoms with Crippen molar-refractivity contribution < 1.29 is 4.79 Å². The van der Waals surface area contributed by atoms with Crippen molar-refractivity contribution in [2.75, 3.05) is 0 Å². The predicted octanol–water partition coefficient (Wildman–Crippen LogP) is 4.45. The van der Waals surface area contributed by atoms with E-state index in [0.29, 0.717) is 22.6 Å². The quantitative estimate of drug-likeness (QED) is 0.404. The van der Waals surface area contributed by atoms with Gasteiger partial charge in [0, 0.05) is 34.6 Å². The molecule has 0 unspecified atom stereocenters. The number of fused-ring (bicyclic) bond motifs is 1. The van der Waals surface area contributed by atoms with Crippen LogP contribution in [0.25, 0.3) is 33.4 Å². The normalized spacial score (nSPS) is 11.5. The van der Waals surface area contributed by atoms with Gasteiger partial charge < -0.3 is 11.1 Å². The van der Waals surface area contributed by atoms with Crippen molar-refractivity contribution in [1.82, 2.24) is 9.55 Å². The number of nitrogens with two attached hydrogens (primary N) is 1. The van der Waals surface area contributed by atoms with Gasteiger partial charge in [-0.3, -0.25) is 9.36 Å². The van der Waals surface area contributed by atoms with E-state index in [0.717, 1.165) is 28.5 Å². The SMILES string of the molecule is N=CC(=CN)c1ccc2c(-c3ccccc3)c(C=O)n(-c3ccccc3)c2n1. The van der Waals surface area contributed by atoms with Gasteiger partial charge in [-0.25, -0.2) is 4.98 Å². The molecule has 0 amide bonds. The number of aldehydes is 1. The van der Waals surface area contributed by atoms with Gasteiger partial charge in [-0.2, -0.15) is 0 Å². The summed E-state index contributed by atoms with van der Waals surface area (Å²) in [5.41, 5.74) is 10.5. The highest BCUT2D eigenvalue weighted by Crippen LogP contribution is 2.36. The summed E-state index contributed by atoms with van der Waals surface area (Å²) in [6, 6.07) is 23.2. The van der Waals surface area contributed by atoms with Crippen LogP contribution in [0.4, 0.5) is 0 Å². The van der Waals surface area contributed by atoms with Crippen LogP contribution in [-0.2, 0) is 0 Å². The lowest BCUT2D eigenvalue weighted by molar-refractivity contribution is 0.111. The number of benzene rings is 2. The molecule has 0 spiro atoms. The first kappa shape index (κ1) is 17.4. The summed E-state index contributed by atoms with van der Waals surface area (Å²) in [6.07, 6.45) is 3.39. The highest BCUT2D eigenvalue weighted by Gasteiger charge is 2.21. The number of nitrogens with zero attached hydrogens (tertiary/aromatic N) is 2. The van der Waals surface area contributed by atoms with Gasteiger partial charge in [-0.05, 0) is 29.8 Å². The molecule has 28 heavy (non-hydrogen) atoms. The molecular weight excluding hydrogens is 348 g/mol. The molecule has 2 aromatic carbocycles. The molecule has 4 aromatic rings. The first-order chi connectivity index (χ1) is 13.8. The highest BCUT2D eigenvalue weighted by molar-refractivity contribution is 6.09. The molecule has 0 aliphatic carbocycles. The summed E-state index contributed by atoms with van der Waals surface area (Å²) in [5, 5.41) is 8.43. The molecule has 2 aromatic heterocycles. The lowest BCUT2D eigenvalue weighted by atomic mass is 10.0. The molecule has 0 radical (unpaired) electrons. The van der Waals surface area contributed by atoms with Gasteiger partial charge in [0.2, 0.25) is 0 Å². The fourth-order valence-corrected chi connectivity index (χ4v) is 3.40. The fraction of sp³-hybridized carbons (Fsp3) is 0. The number of aromatic nitrogens is 2. The zero-order chi connectivity index (χ0) is 19.5. The van der Waals surface area contributed by atoms with Gasteiger partial charge in [0.05, 0.1) is 11.4 Å². The molecular formula is C23H18N4O. The summed E-state index contributed by atoms with van der Waals surface area (Å²) < 4.78 is 1.85. The van der Waals surface area contributed by atoms with Gasteiger partial charge in [0.15, 0.2) is 6.29 Å². The molecule has 4 rings (SSSR count). The zero-order valence-corrected chi connectivity index (χ0v) is 15.0. The van der Waals surface area contributed by atoms with E-state index in [1.807, 2.05) is 77.4 Å². The summed E-state index contributed by atoms with van der Waals surface area (Å²) in [6.45, 7) is 0. The van der Waals surface area contributed by atoms with E-state index in [1.54, 1.807) is 0 Å². The topological polar surface area (TPSA) is 84.8 Å². The van der Waals surface area contributed by atoms with Gasteiger partial charge >= 0.3 is 0 Å². The number of pyridine rings is 1. The van der Waals surface area contributed by atoms with Gasteiger partial charge in [0.25, 0.3) is 0 Å². The number of para-hydroxylation sites is 1. The molecule has 0 saturated carbocycles. The van der Waals surface area contributed by atoms with E-state index in [-0.39, 0.29) is 0 Å². The molecule has 5 heteroatoms. The van der Waals surface area contributed by atoms with Crippen molar-refractivity contribution in [3.8, 4) is 16.8 Å². The minimum Gasteiger partial charge on any atom is -0.404 e. The first-order valence-electron chi connectivity index (χ1n) is 8.82. The lowest BCUT2D eigenvalue weighted by Crippen LogP contribution is -2.02. The minimum absolute atomic E-state index is 0.511.